The molecule has 7 heteroatoms. The molecule has 0 saturated carbocycles. The lowest BCUT2D eigenvalue weighted by atomic mass is 10.2. The Morgan fingerprint density at radius 2 is 1.33 bits per heavy atom. The molecule has 1 aromatic rings. The molecule has 0 fully saturated rings. The van der Waals surface area contributed by atoms with E-state index in [2.05, 4.69) is 22.8 Å². The van der Waals surface area contributed by atoms with Gasteiger partial charge in [-0.2, -0.15) is 12.6 Å². The number of thioether (sulfide) groups is 2. The minimum Gasteiger partial charge on any atom is -0.396 e. The van der Waals surface area contributed by atoms with E-state index in [0.29, 0.717) is 6.61 Å². The summed E-state index contributed by atoms with van der Waals surface area (Å²) in [6, 6.07) is 0. The maximum absolute atomic E-state index is 8.71. The Labute approximate surface area is 146 Å². The lowest BCUT2D eigenvalue weighted by Crippen LogP contribution is -1.85. The Bertz CT molecular complexity index is 319. The number of rotatable bonds is 14. The molecule has 0 atom stereocenters. The van der Waals surface area contributed by atoms with Crippen LogP contribution in [0.1, 0.15) is 51.4 Å². The van der Waals surface area contributed by atoms with Gasteiger partial charge in [0.15, 0.2) is 8.68 Å². The normalized spacial score (nSPS) is 11.1. The minimum atomic E-state index is 0.318. The summed E-state index contributed by atoms with van der Waals surface area (Å²) in [5.74, 6) is 3.26. The highest BCUT2D eigenvalue weighted by Gasteiger charge is 2.05. The van der Waals surface area contributed by atoms with Gasteiger partial charge in [0.1, 0.15) is 0 Å². The average molecular weight is 367 g/mol. The molecule has 21 heavy (non-hydrogen) atoms. The Morgan fingerprint density at radius 1 is 0.810 bits per heavy atom. The average Bonchev–Trinajstić information content (AvgIpc) is 2.94. The van der Waals surface area contributed by atoms with Crippen LogP contribution in [0.3, 0.4) is 0 Å². The molecule has 1 N–H and O–H groups in total. The number of aliphatic hydroxyl groups excluding tert-OH is 1. The maximum Gasteiger partial charge on any atom is 0.175 e. The molecule has 0 unspecified atom stereocenters. The second-order valence-corrected chi connectivity index (χ2v) is 8.92. The van der Waals surface area contributed by atoms with Gasteiger partial charge in [-0.3, -0.25) is 0 Å². The molecule has 1 heterocycles. The summed E-state index contributed by atoms with van der Waals surface area (Å²) in [6.07, 6.45) is 9.51. The molecular formula is C14H26N2OS4. The van der Waals surface area contributed by atoms with Crippen molar-refractivity contribution in [2.45, 2.75) is 60.0 Å². The van der Waals surface area contributed by atoms with E-state index in [1.54, 1.807) is 11.3 Å². The Hall–Kier alpha value is 0.570. The van der Waals surface area contributed by atoms with Crippen molar-refractivity contribution in [2.75, 3.05) is 23.9 Å². The van der Waals surface area contributed by atoms with Crippen molar-refractivity contribution >= 4 is 47.5 Å². The standard InChI is InChI=1S/C14H26N2OS4/c17-9-5-1-3-7-11-19-13-15-16-14(21-13)20-12-8-4-2-6-10-18/h17-18H,1-12H2. The van der Waals surface area contributed by atoms with Gasteiger partial charge in [-0.25, -0.2) is 0 Å². The number of nitrogens with zero attached hydrogens (tertiary/aromatic N) is 2. The molecule has 0 spiro atoms. The largest absolute Gasteiger partial charge is 0.396 e. The molecule has 1 rings (SSSR count). The third-order valence-electron chi connectivity index (χ3n) is 2.94. The highest BCUT2D eigenvalue weighted by Crippen LogP contribution is 2.29. The first kappa shape index (κ1) is 19.6. The van der Waals surface area contributed by atoms with E-state index in [4.69, 9.17) is 5.11 Å². The SMILES string of the molecule is OCCCCCCSc1nnc(SCCCCCCS)s1. The minimum absolute atomic E-state index is 0.318. The molecule has 0 bridgehead atoms. The van der Waals surface area contributed by atoms with Crippen molar-refractivity contribution < 1.29 is 5.11 Å². The van der Waals surface area contributed by atoms with Crippen molar-refractivity contribution in [2.24, 2.45) is 0 Å². The van der Waals surface area contributed by atoms with Gasteiger partial charge in [0.2, 0.25) is 0 Å². The summed E-state index contributed by atoms with van der Waals surface area (Å²) in [7, 11) is 0. The number of hydrogen-bond acceptors (Lipinski definition) is 7. The first-order valence-electron chi connectivity index (χ1n) is 7.67. The maximum atomic E-state index is 8.71. The summed E-state index contributed by atoms with van der Waals surface area (Å²) in [5.41, 5.74) is 0. The van der Waals surface area contributed by atoms with E-state index in [9.17, 15) is 0 Å². The highest BCUT2D eigenvalue weighted by molar-refractivity contribution is 8.03. The summed E-state index contributed by atoms with van der Waals surface area (Å²) >= 11 is 9.59. The van der Waals surface area contributed by atoms with Crippen molar-refractivity contribution in [3.8, 4) is 0 Å². The Kier molecular flexibility index (Phi) is 13.2. The summed E-state index contributed by atoms with van der Waals surface area (Å²) in [4.78, 5) is 0. The van der Waals surface area contributed by atoms with E-state index in [1.807, 2.05) is 23.5 Å². The number of aromatic nitrogens is 2. The number of unbranched alkanes of at least 4 members (excludes halogenated alkanes) is 6. The van der Waals surface area contributed by atoms with Gasteiger partial charge in [-0.05, 0) is 31.4 Å². The van der Waals surface area contributed by atoms with E-state index >= 15 is 0 Å². The molecule has 0 saturated heterocycles. The van der Waals surface area contributed by atoms with E-state index in [-0.39, 0.29) is 0 Å². The molecule has 3 nitrogen and oxygen atoms in total. The molecule has 122 valence electrons. The predicted molar refractivity (Wildman–Crippen MR) is 99.2 cm³/mol. The van der Waals surface area contributed by atoms with Gasteiger partial charge >= 0.3 is 0 Å². The van der Waals surface area contributed by atoms with Crippen LogP contribution >= 0.6 is 47.5 Å². The first-order valence-corrected chi connectivity index (χ1v) is 11.1. The van der Waals surface area contributed by atoms with Crippen LogP contribution in [0.25, 0.3) is 0 Å². The monoisotopic (exact) mass is 366 g/mol. The van der Waals surface area contributed by atoms with Crippen molar-refractivity contribution in [1.82, 2.24) is 10.2 Å². The van der Waals surface area contributed by atoms with Gasteiger partial charge in [0, 0.05) is 18.1 Å². The molecule has 0 aromatic carbocycles. The third-order valence-corrected chi connectivity index (χ3v) is 6.62. The number of hydrogen-bond donors (Lipinski definition) is 2. The van der Waals surface area contributed by atoms with E-state index in [1.165, 1.54) is 38.5 Å². The van der Waals surface area contributed by atoms with Gasteiger partial charge in [0.25, 0.3) is 0 Å². The summed E-state index contributed by atoms with van der Waals surface area (Å²) in [5, 5.41) is 17.2. The predicted octanol–water partition coefficient (Wildman–Crippen LogP) is 4.77. The van der Waals surface area contributed by atoms with E-state index in [0.717, 1.165) is 38.8 Å². The number of thiol groups is 1. The van der Waals surface area contributed by atoms with Crippen LogP contribution in [-0.4, -0.2) is 39.2 Å². The summed E-state index contributed by atoms with van der Waals surface area (Å²) in [6.45, 7) is 0.318. The van der Waals surface area contributed by atoms with Crippen molar-refractivity contribution in [1.29, 1.82) is 0 Å². The van der Waals surface area contributed by atoms with Crippen LogP contribution in [0.5, 0.6) is 0 Å². The molecule has 1 aromatic heterocycles. The summed E-state index contributed by atoms with van der Waals surface area (Å²) < 4.78 is 2.20. The molecule has 0 amide bonds. The van der Waals surface area contributed by atoms with Crippen LogP contribution in [-0.2, 0) is 0 Å². The van der Waals surface area contributed by atoms with Gasteiger partial charge in [-0.15, -0.1) is 10.2 Å². The fourth-order valence-corrected chi connectivity index (χ4v) is 5.15. The van der Waals surface area contributed by atoms with Crippen LogP contribution in [0.15, 0.2) is 8.68 Å². The highest BCUT2D eigenvalue weighted by atomic mass is 32.2. The third kappa shape index (κ3) is 10.8. The lowest BCUT2D eigenvalue weighted by molar-refractivity contribution is 0.283. The van der Waals surface area contributed by atoms with Crippen LogP contribution in [0.4, 0.5) is 0 Å². The Morgan fingerprint density at radius 3 is 1.86 bits per heavy atom. The smallest absolute Gasteiger partial charge is 0.175 e. The van der Waals surface area contributed by atoms with Crippen LogP contribution in [0.2, 0.25) is 0 Å². The van der Waals surface area contributed by atoms with Gasteiger partial charge < -0.3 is 5.11 Å². The van der Waals surface area contributed by atoms with E-state index < -0.39 is 0 Å². The second kappa shape index (κ2) is 14.2. The molecular weight excluding hydrogens is 340 g/mol. The van der Waals surface area contributed by atoms with Gasteiger partial charge in [0.05, 0.1) is 0 Å². The zero-order valence-corrected chi connectivity index (χ0v) is 15.8. The second-order valence-electron chi connectivity index (χ2n) is 4.81. The Balaban J connectivity index is 2.01. The first-order chi connectivity index (χ1) is 10.4. The van der Waals surface area contributed by atoms with Crippen molar-refractivity contribution in [3.05, 3.63) is 0 Å². The zero-order valence-electron chi connectivity index (χ0n) is 12.5. The van der Waals surface area contributed by atoms with Crippen LogP contribution < -0.4 is 0 Å². The topological polar surface area (TPSA) is 46.0 Å². The molecule has 0 aliphatic carbocycles. The quantitative estimate of drug-likeness (QED) is 0.282. The fourth-order valence-electron chi connectivity index (χ4n) is 1.77. The molecule has 0 radical (unpaired) electrons. The van der Waals surface area contributed by atoms with Gasteiger partial charge in [-0.1, -0.05) is 60.5 Å². The van der Waals surface area contributed by atoms with Crippen LogP contribution in [0, 0.1) is 0 Å². The molecule has 0 aliphatic rings. The molecule has 0 aliphatic heterocycles. The zero-order chi connectivity index (χ0) is 15.2. The number of aliphatic hydroxyl groups is 1. The lowest BCUT2D eigenvalue weighted by Gasteiger charge is -1.98. The fraction of sp³-hybridized carbons (Fsp3) is 0.857. The van der Waals surface area contributed by atoms with Crippen molar-refractivity contribution in [3.63, 3.8) is 0 Å².